The summed E-state index contributed by atoms with van der Waals surface area (Å²) in [7, 11) is 0. The molecule has 0 aromatic carbocycles. The zero-order chi connectivity index (χ0) is 16.4. The Kier molecular flexibility index (Phi) is 3.36. The standard InChI is InChI=1S/C19H26O4/c1-18-6-5-14-12(13(18)2-3-17(18)23)9-16(22)15-8-11(21)4-7-19(14,15)10-20/h12-15,20H,2-10H2,1H3. The van der Waals surface area contributed by atoms with E-state index in [0.717, 1.165) is 19.3 Å². The van der Waals surface area contributed by atoms with Gasteiger partial charge >= 0.3 is 0 Å². The summed E-state index contributed by atoms with van der Waals surface area (Å²) in [6.45, 7) is 2.10. The fourth-order valence-electron chi connectivity index (χ4n) is 6.70. The maximum absolute atomic E-state index is 12.8. The first-order valence-electron chi connectivity index (χ1n) is 9.11. The fourth-order valence-corrected chi connectivity index (χ4v) is 6.70. The third-order valence-corrected chi connectivity index (χ3v) is 8.00. The maximum atomic E-state index is 12.8. The van der Waals surface area contributed by atoms with Crippen molar-refractivity contribution >= 4 is 17.3 Å². The van der Waals surface area contributed by atoms with Crippen LogP contribution >= 0.6 is 0 Å². The van der Waals surface area contributed by atoms with Crippen molar-refractivity contribution in [3.8, 4) is 0 Å². The van der Waals surface area contributed by atoms with Crippen LogP contribution in [0.2, 0.25) is 0 Å². The van der Waals surface area contributed by atoms with Crippen LogP contribution in [0.5, 0.6) is 0 Å². The molecule has 6 atom stereocenters. The molecule has 0 amide bonds. The highest BCUT2D eigenvalue weighted by Crippen LogP contribution is 2.64. The smallest absolute Gasteiger partial charge is 0.139 e. The second-order valence-corrected chi connectivity index (χ2v) is 8.65. The molecule has 1 N–H and O–H groups in total. The molecule has 0 bridgehead atoms. The molecule has 0 aromatic heterocycles. The van der Waals surface area contributed by atoms with Gasteiger partial charge in [-0.1, -0.05) is 6.92 Å². The topological polar surface area (TPSA) is 71.4 Å². The van der Waals surface area contributed by atoms with Gasteiger partial charge in [-0.3, -0.25) is 14.4 Å². The summed E-state index contributed by atoms with van der Waals surface area (Å²) in [5.41, 5.74) is -0.656. The third kappa shape index (κ3) is 1.90. The number of ketones is 3. The summed E-state index contributed by atoms with van der Waals surface area (Å²) >= 11 is 0. The molecule has 0 saturated heterocycles. The lowest BCUT2D eigenvalue weighted by atomic mass is 9.44. The first-order valence-corrected chi connectivity index (χ1v) is 9.11. The molecule has 23 heavy (non-hydrogen) atoms. The lowest BCUT2D eigenvalue weighted by molar-refractivity contribution is -0.167. The highest BCUT2D eigenvalue weighted by molar-refractivity contribution is 5.91. The molecule has 4 aliphatic carbocycles. The predicted molar refractivity (Wildman–Crippen MR) is 83.5 cm³/mol. The maximum Gasteiger partial charge on any atom is 0.139 e. The SMILES string of the molecule is CC12CCC3C(CC(=O)C4CC(=O)CCC43CO)C1CCC2=O. The normalized spacial score (nSPS) is 49.6. The van der Waals surface area contributed by atoms with Crippen LogP contribution in [-0.2, 0) is 14.4 Å². The Hall–Kier alpha value is -1.03. The minimum atomic E-state index is -0.402. The first kappa shape index (κ1) is 15.5. The Labute approximate surface area is 137 Å². The lowest BCUT2D eigenvalue weighted by Gasteiger charge is -2.58. The average Bonchev–Trinajstić information content (AvgIpc) is 2.84. The molecule has 0 radical (unpaired) electrons. The Morgan fingerprint density at radius 2 is 1.83 bits per heavy atom. The summed E-state index contributed by atoms with van der Waals surface area (Å²) < 4.78 is 0. The van der Waals surface area contributed by atoms with E-state index in [1.165, 1.54) is 0 Å². The molecule has 0 aliphatic heterocycles. The van der Waals surface area contributed by atoms with Crippen molar-refractivity contribution < 1.29 is 19.5 Å². The second-order valence-electron chi connectivity index (χ2n) is 8.65. The minimum absolute atomic E-state index is 0.00916. The Morgan fingerprint density at radius 1 is 1.04 bits per heavy atom. The number of carbonyl (C=O) groups excluding carboxylic acids is 3. The number of aliphatic hydroxyl groups excluding tert-OH is 1. The van der Waals surface area contributed by atoms with Gasteiger partial charge in [-0.2, -0.15) is 0 Å². The molecule has 4 rings (SSSR count). The molecule has 0 aromatic rings. The summed E-state index contributed by atoms with van der Waals surface area (Å²) in [5.74, 6) is 1.24. The van der Waals surface area contributed by atoms with Crippen molar-refractivity contribution in [1.29, 1.82) is 0 Å². The number of Topliss-reactive ketones (excluding diaryl/α,β-unsaturated/α-hetero) is 3. The highest BCUT2D eigenvalue weighted by Gasteiger charge is 2.63. The molecule has 6 unspecified atom stereocenters. The van der Waals surface area contributed by atoms with Crippen LogP contribution in [0.1, 0.15) is 58.3 Å². The summed E-state index contributed by atoms with van der Waals surface area (Å²) in [4.78, 5) is 37.1. The van der Waals surface area contributed by atoms with Crippen LogP contribution in [0.25, 0.3) is 0 Å². The molecule has 4 aliphatic rings. The molecule has 126 valence electrons. The molecule has 4 saturated carbocycles. The van der Waals surface area contributed by atoms with Crippen LogP contribution in [0.3, 0.4) is 0 Å². The van der Waals surface area contributed by atoms with Crippen molar-refractivity contribution in [2.75, 3.05) is 6.61 Å². The zero-order valence-electron chi connectivity index (χ0n) is 13.8. The van der Waals surface area contributed by atoms with Crippen molar-refractivity contribution in [3.05, 3.63) is 0 Å². The van der Waals surface area contributed by atoms with Crippen LogP contribution in [-0.4, -0.2) is 29.1 Å². The molecule has 0 spiro atoms. The Balaban J connectivity index is 1.73. The monoisotopic (exact) mass is 318 g/mol. The van der Waals surface area contributed by atoms with E-state index >= 15 is 0 Å². The second kappa shape index (κ2) is 4.98. The first-order chi connectivity index (χ1) is 10.9. The lowest BCUT2D eigenvalue weighted by Crippen LogP contribution is -2.59. The average molecular weight is 318 g/mol. The van der Waals surface area contributed by atoms with Crippen molar-refractivity contribution in [1.82, 2.24) is 0 Å². The van der Waals surface area contributed by atoms with Crippen LogP contribution in [0.4, 0.5) is 0 Å². The van der Waals surface area contributed by atoms with E-state index < -0.39 is 5.41 Å². The number of hydrogen-bond donors (Lipinski definition) is 1. The Morgan fingerprint density at radius 3 is 2.57 bits per heavy atom. The molecule has 4 fully saturated rings. The quantitative estimate of drug-likeness (QED) is 0.805. The fraction of sp³-hybridized carbons (Fsp3) is 0.842. The third-order valence-electron chi connectivity index (χ3n) is 8.00. The number of rotatable bonds is 1. The van der Waals surface area contributed by atoms with Gasteiger partial charge in [0.1, 0.15) is 17.3 Å². The summed E-state index contributed by atoms with van der Waals surface area (Å²) in [6, 6.07) is 0. The van der Waals surface area contributed by atoms with Gasteiger partial charge in [-0.25, -0.2) is 0 Å². The predicted octanol–water partition coefficient (Wildman–Crippen LogP) is 2.32. The van der Waals surface area contributed by atoms with Gasteiger partial charge in [-0.05, 0) is 43.4 Å². The summed E-state index contributed by atoms with van der Waals surface area (Å²) in [5, 5.41) is 10.2. The van der Waals surface area contributed by atoms with E-state index in [0.29, 0.717) is 49.7 Å². The summed E-state index contributed by atoms with van der Waals surface area (Å²) in [6.07, 6.45) is 5.32. The van der Waals surface area contributed by atoms with E-state index in [1.807, 2.05) is 0 Å². The van der Waals surface area contributed by atoms with E-state index in [-0.39, 0.29) is 35.4 Å². The van der Waals surface area contributed by atoms with Gasteiger partial charge in [0.25, 0.3) is 0 Å². The molecule has 4 nitrogen and oxygen atoms in total. The number of fused-ring (bicyclic) bond motifs is 5. The van der Waals surface area contributed by atoms with Gasteiger partial charge in [0.2, 0.25) is 0 Å². The molecular formula is C19H26O4. The molecular weight excluding hydrogens is 292 g/mol. The van der Waals surface area contributed by atoms with Gasteiger partial charge in [0.05, 0.1) is 0 Å². The van der Waals surface area contributed by atoms with Crippen LogP contribution in [0.15, 0.2) is 0 Å². The van der Waals surface area contributed by atoms with Crippen LogP contribution in [0, 0.1) is 34.5 Å². The van der Waals surface area contributed by atoms with Crippen molar-refractivity contribution in [2.24, 2.45) is 34.5 Å². The van der Waals surface area contributed by atoms with Crippen molar-refractivity contribution in [3.63, 3.8) is 0 Å². The zero-order valence-corrected chi connectivity index (χ0v) is 13.8. The highest BCUT2D eigenvalue weighted by atomic mass is 16.3. The van der Waals surface area contributed by atoms with Gasteiger partial charge in [-0.15, -0.1) is 0 Å². The number of aliphatic hydroxyl groups is 1. The molecule has 4 heteroatoms. The van der Waals surface area contributed by atoms with Crippen molar-refractivity contribution in [2.45, 2.75) is 58.3 Å². The number of carbonyl (C=O) groups is 3. The number of hydrogen-bond acceptors (Lipinski definition) is 4. The van der Waals surface area contributed by atoms with E-state index in [1.54, 1.807) is 0 Å². The van der Waals surface area contributed by atoms with Gasteiger partial charge in [0.15, 0.2) is 0 Å². The largest absolute Gasteiger partial charge is 0.396 e. The van der Waals surface area contributed by atoms with E-state index in [4.69, 9.17) is 0 Å². The Bertz CT molecular complexity index is 582. The van der Waals surface area contributed by atoms with E-state index in [9.17, 15) is 19.5 Å². The molecule has 0 heterocycles. The van der Waals surface area contributed by atoms with Gasteiger partial charge < -0.3 is 5.11 Å². The van der Waals surface area contributed by atoms with Gasteiger partial charge in [0, 0.05) is 49.0 Å². The van der Waals surface area contributed by atoms with E-state index in [2.05, 4.69) is 6.92 Å². The minimum Gasteiger partial charge on any atom is -0.396 e. The van der Waals surface area contributed by atoms with Crippen LogP contribution < -0.4 is 0 Å².